The van der Waals surface area contributed by atoms with Gasteiger partial charge in [-0.3, -0.25) is 4.79 Å². The molecule has 1 saturated heterocycles. The highest BCUT2D eigenvalue weighted by Crippen LogP contribution is 2.31. The van der Waals surface area contributed by atoms with Crippen LogP contribution in [0.15, 0.2) is 60.7 Å². The molecular formula is C22H22N4O2. The Labute approximate surface area is 164 Å². The second-order valence-corrected chi connectivity index (χ2v) is 6.72. The van der Waals surface area contributed by atoms with Crippen LogP contribution in [-0.2, 0) is 0 Å². The topological polar surface area (TPSA) is 67.4 Å². The Morgan fingerprint density at radius 1 is 1.00 bits per heavy atom. The fourth-order valence-corrected chi connectivity index (χ4v) is 3.24. The van der Waals surface area contributed by atoms with Gasteiger partial charge in [0.15, 0.2) is 5.75 Å². The van der Waals surface area contributed by atoms with Crippen LogP contribution >= 0.6 is 0 Å². The zero-order chi connectivity index (χ0) is 19.3. The molecule has 0 unspecified atom stereocenters. The van der Waals surface area contributed by atoms with Crippen LogP contribution in [0.2, 0.25) is 0 Å². The first-order chi connectivity index (χ1) is 13.7. The number of carbonyl (C=O) groups excluding carboxylic acids is 1. The Kier molecular flexibility index (Phi) is 5.19. The van der Waals surface area contributed by atoms with Crippen molar-refractivity contribution in [3.05, 3.63) is 72.2 Å². The first-order valence-electron chi connectivity index (χ1n) is 9.43. The summed E-state index contributed by atoms with van der Waals surface area (Å²) in [4.78, 5) is 23.3. The Morgan fingerprint density at radius 3 is 2.50 bits per heavy atom. The van der Waals surface area contributed by atoms with E-state index in [9.17, 15) is 4.79 Å². The van der Waals surface area contributed by atoms with Gasteiger partial charge in [0.2, 0.25) is 0 Å². The summed E-state index contributed by atoms with van der Waals surface area (Å²) in [5.41, 5.74) is 1.18. The normalized spacial score (nSPS) is 13.4. The van der Waals surface area contributed by atoms with Crippen molar-refractivity contribution in [1.29, 1.82) is 0 Å². The van der Waals surface area contributed by atoms with Crippen LogP contribution in [0.4, 0.5) is 11.5 Å². The maximum absolute atomic E-state index is 12.7. The lowest BCUT2D eigenvalue weighted by atomic mass is 10.2. The molecule has 6 nitrogen and oxygen atoms in total. The molecule has 3 aromatic rings. The number of nitrogens with one attached hydrogen (secondary N) is 1. The molecule has 0 bridgehead atoms. The molecule has 1 aromatic heterocycles. The minimum atomic E-state index is -0.0418. The first-order valence-corrected chi connectivity index (χ1v) is 9.43. The van der Waals surface area contributed by atoms with E-state index in [0.29, 0.717) is 23.1 Å². The molecule has 2 heterocycles. The van der Waals surface area contributed by atoms with Crippen molar-refractivity contribution in [2.45, 2.75) is 19.8 Å². The lowest BCUT2D eigenvalue weighted by Crippen LogP contribution is -2.28. The number of ether oxygens (including phenoxy) is 1. The summed E-state index contributed by atoms with van der Waals surface area (Å²) >= 11 is 0. The molecule has 0 atom stereocenters. The van der Waals surface area contributed by atoms with E-state index in [1.165, 1.54) is 0 Å². The summed E-state index contributed by atoms with van der Waals surface area (Å²) in [6.45, 7) is 3.37. The number of rotatable bonds is 5. The number of para-hydroxylation sites is 3. The minimum absolute atomic E-state index is 0.0418. The Balaban J connectivity index is 1.58. The Morgan fingerprint density at radius 2 is 1.71 bits per heavy atom. The van der Waals surface area contributed by atoms with E-state index in [4.69, 9.17) is 4.74 Å². The van der Waals surface area contributed by atoms with Gasteiger partial charge in [-0.2, -0.15) is 0 Å². The van der Waals surface area contributed by atoms with Crippen molar-refractivity contribution < 1.29 is 9.53 Å². The number of carbonyl (C=O) groups is 1. The molecular weight excluding hydrogens is 352 g/mol. The van der Waals surface area contributed by atoms with Crippen LogP contribution in [0.5, 0.6) is 11.5 Å². The van der Waals surface area contributed by atoms with Crippen LogP contribution in [0.1, 0.15) is 29.2 Å². The highest BCUT2D eigenvalue weighted by Gasteiger charge is 2.21. The first kappa shape index (κ1) is 18.0. The van der Waals surface area contributed by atoms with Crippen LogP contribution in [0, 0.1) is 6.92 Å². The molecule has 28 heavy (non-hydrogen) atoms. The molecule has 1 amide bonds. The molecule has 1 N–H and O–H groups in total. The Hall–Kier alpha value is -3.41. The van der Waals surface area contributed by atoms with Gasteiger partial charge in [0, 0.05) is 19.2 Å². The van der Waals surface area contributed by atoms with Crippen LogP contribution < -0.4 is 10.1 Å². The number of hydrogen-bond acceptors (Lipinski definition) is 5. The number of hydrogen-bond donors (Lipinski definition) is 1. The molecule has 1 aliphatic heterocycles. The minimum Gasteiger partial charge on any atom is -0.455 e. The van der Waals surface area contributed by atoms with Gasteiger partial charge in [-0.15, -0.1) is 0 Å². The van der Waals surface area contributed by atoms with E-state index in [-0.39, 0.29) is 5.91 Å². The lowest BCUT2D eigenvalue weighted by Gasteiger charge is -2.16. The average molecular weight is 374 g/mol. The van der Waals surface area contributed by atoms with E-state index >= 15 is 0 Å². The van der Waals surface area contributed by atoms with E-state index in [1.807, 2.05) is 59.5 Å². The lowest BCUT2D eigenvalue weighted by molar-refractivity contribution is 0.0786. The number of anilines is 2. The van der Waals surface area contributed by atoms with Gasteiger partial charge in [0.25, 0.3) is 5.91 Å². The summed E-state index contributed by atoms with van der Waals surface area (Å²) in [7, 11) is 0. The zero-order valence-corrected chi connectivity index (χ0v) is 15.8. The summed E-state index contributed by atoms with van der Waals surface area (Å²) in [6, 6.07) is 18.9. The van der Waals surface area contributed by atoms with E-state index in [2.05, 4.69) is 15.3 Å². The van der Waals surface area contributed by atoms with Crippen molar-refractivity contribution in [3.8, 4) is 11.5 Å². The third-order valence-corrected chi connectivity index (χ3v) is 4.57. The molecule has 1 fully saturated rings. The van der Waals surface area contributed by atoms with Gasteiger partial charge < -0.3 is 15.0 Å². The van der Waals surface area contributed by atoms with Gasteiger partial charge in [0.05, 0.1) is 5.69 Å². The molecule has 0 spiro atoms. The fourth-order valence-electron chi connectivity index (χ4n) is 3.24. The monoisotopic (exact) mass is 374 g/mol. The van der Waals surface area contributed by atoms with E-state index in [1.54, 1.807) is 13.0 Å². The molecule has 0 radical (unpaired) electrons. The maximum atomic E-state index is 12.7. The van der Waals surface area contributed by atoms with Crippen molar-refractivity contribution >= 4 is 17.4 Å². The second kappa shape index (κ2) is 8.08. The standard InChI is InChI=1S/C22H22N4O2/c1-16-23-19(22(27)26-13-7-8-14-26)15-21(24-16)25-18-11-5-6-12-20(18)28-17-9-3-2-4-10-17/h2-6,9-12,15H,7-8,13-14H2,1H3,(H,23,24,25). The summed E-state index contributed by atoms with van der Waals surface area (Å²) < 4.78 is 5.99. The molecule has 1 aliphatic rings. The molecule has 4 rings (SSSR count). The van der Waals surface area contributed by atoms with Crippen LogP contribution in [0.3, 0.4) is 0 Å². The predicted molar refractivity (Wildman–Crippen MR) is 108 cm³/mol. The highest BCUT2D eigenvalue weighted by molar-refractivity contribution is 5.93. The third-order valence-electron chi connectivity index (χ3n) is 4.57. The van der Waals surface area contributed by atoms with Gasteiger partial charge in [-0.25, -0.2) is 9.97 Å². The summed E-state index contributed by atoms with van der Waals surface area (Å²) in [5.74, 6) is 2.51. The smallest absolute Gasteiger partial charge is 0.272 e. The third kappa shape index (κ3) is 4.11. The zero-order valence-electron chi connectivity index (χ0n) is 15.8. The molecule has 6 heteroatoms. The summed E-state index contributed by atoms with van der Waals surface area (Å²) in [6.07, 6.45) is 2.09. The van der Waals surface area contributed by atoms with E-state index in [0.717, 1.165) is 37.4 Å². The van der Waals surface area contributed by atoms with Crippen LogP contribution in [0.25, 0.3) is 0 Å². The van der Waals surface area contributed by atoms with Gasteiger partial charge in [0.1, 0.15) is 23.1 Å². The quantitative estimate of drug-likeness (QED) is 0.709. The number of likely N-dealkylation sites (tertiary alicyclic amines) is 1. The van der Waals surface area contributed by atoms with Gasteiger partial charge in [-0.1, -0.05) is 30.3 Å². The Bertz CT molecular complexity index is 969. The molecule has 0 saturated carbocycles. The second-order valence-electron chi connectivity index (χ2n) is 6.72. The number of amides is 1. The van der Waals surface area contributed by atoms with E-state index < -0.39 is 0 Å². The largest absolute Gasteiger partial charge is 0.455 e. The fraction of sp³-hybridized carbons (Fsp3) is 0.227. The van der Waals surface area contributed by atoms with Crippen molar-refractivity contribution in [1.82, 2.24) is 14.9 Å². The number of nitrogens with zero attached hydrogens (tertiary/aromatic N) is 3. The average Bonchev–Trinajstić information content (AvgIpc) is 3.24. The number of aromatic nitrogens is 2. The number of aryl methyl sites for hydroxylation is 1. The molecule has 142 valence electrons. The van der Waals surface area contributed by atoms with Crippen molar-refractivity contribution in [2.75, 3.05) is 18.4 Å². The highest BCUT2D eigenvalue weighted by atomic mass is 16.5. The van der Waals surface area contributed by atoms with Crippen LogP contribution in [-0.4, -0.2) is 33.9 Å². The summed E-state index contributed by atoms with van der Waals surface area (Å²) in [5, 5.41) is 3.27. The van der Waals surface area contributed by atoms with Crippen molar-refractivity contribution in [3.63, 3.8) is 0 Å². The van der Waals surface area contributed by atoms with Crippen molar-refractivity contribution in [2.24, 2.45) is 0 Å². The number of benzene rings is 2. The van der Waals surface area contributed by atoms with Gasteiger partial charge >= 0.3 is 0 Å². The predicted octanol–water partition coefficient (Wildman–Crippen LogP) is 4.56. The maximum Gasteiger partial charge on any atom is 0.272 e. The molecule has 2 aromatic carbocycles. The molecule has 0 aliphatic carbocycles. The SMILES string of the molecule is Cc1nc(Nc2ccccc2Oc2ccccc2)cc(C(=O)N2CCCC2)n1. The van der Waals surface area contributed by atoms with Gasteiger partial charge in [-0.05, 0) is 44.0 Å².